The van der Waals surface area contributed by atoms with Crippen LogP contribution in [0.15, 0.2) is 88.8 Å². The fourth-order valence-corrected chi connectivity index (χ4v) is 6.45. The van der Waals surface area contributed by atoms with Crippen molar-refractivity contribution in [1.82, 2.24) is 10.2 Å². The summed E-state index contributed by atoms with van der Waals surface area (Å²) in [5.41, 5.74) is 2.13. The number of nitrogens with zero attached hydrogens (tertiary/aromatic N) is 3. The van der Waals surface area contributed by atoms with Gasteiger partial charge in [-0.3, -0.25) is 14.5 Å². The summed E-state index contributed by atoms with van der Waals surface area (Å²) in [6.45, 7) is 2.69. The fraction of sp³-hybridized carbons (Fsp3) is 0.226. The number of Topliss-reactive ketones (excluding diaryl/α,β-unsaturated/α-hetero) is 1. The summed E-state index contributed by atoms with van der Waals surface area (Å²) >= 11 is 8.69. The molecule has 1 aromatic heterocycles. The molecule has 1 saturated heterocycles. The Labute approximate surface area is 251 Å². The molecule has 1 unspecified atom stereocenters. The van der Waals surface area contributed by atoms with Crippen LogP contribution in [0, 0.1) is 0 Å². The number of unbranched alkanes of at least 4 members (excludes halogenated alkanes) is 2. The summed E-state index contributed by atoms with van der Waals surface area (Å²) in [6.07, 6.45) is 3.07. The molecule has 0 aliphatic carbocycles. The van der Waals surface area contributed by atoms with Crippen molar-refractivity contribution in [2.45, 2.75) is 42.3 Å². The predicted molar refractivity (Wildman–Crippen MR) is 164 cm³/mol. The van der Waals surface area contributed by atoms with Gasteiger partial charge in [-0.05, 0) is 41.8 Å². The van der Waals surface area contributed by atoms with Crippen LogP contribution in [0.5, 0.6) is 5.75 Å². The molecule has 0 bridgehead atoms. The van der Waals surface area contributed by atoms with Crippen LogP contribution in [-0.2, 0) is 15.3 Å². The maximum Gasteiger partial charge on any atom is 0.301 e. The van der Waals surface area contributed by atoms with Crippen LogP contribution >= 0.6 is 34.7 Å². The minimum atomic E-state index is -0.906. The lowest BCUT2D eigenvalue weighted by Crippen LogP contribution is -2.29. The van der Waals surface area contributed by atoms with Crippen molar-refractivity contribution >= 4 is 57.3 Å². The van der Waals surface area contributed by atoms with E-state index >= 15 is 0 Å². The SMILES string of the molecule is CCCCCOc1cccc(C2/C(=C(\O)c3ccccc3)C(=O)C(=O)N2c2nnc(SCc3ccc(Cl)cc3)s2)c1. The second-order valence-corrected chi connectivity index (χ2v) is 12.0. The number of benzene rings is 3. The van der Waals surface area contributed by atoms with Crippen LogP contribution in [0.1, 0.15) is 48.9 Å². The lowest BCUT2D eigenvalue weighted by molar-refractivity contribution is -0.132. The Hall–Kier alpha value is -3.66. The van der Waals surface area contributed by atoms with E-state index < -0.39 is 17.7 Å². The molecule has 0 saturated carbocycles. The van der Waals surface area contributed by atoms with E-state index in [0.717, 1.165) is 24.8 Å². The summed E-state index contributed by atoms with van der Waals surface area (Å²) in [5.74, 6) is -0.532. The van der Waals surface area contributed by atoms with Crippen molar-refractivity contribution in [3.05, 3.63) is 106 Å². The molecule has 1 fully saturated rings. The van der Waals surface area contributed by atoms with Crippen molar-refractivity contribution in [2.75, 3.05) is 11.5 Å². The Morgan fingerprint density at radius 1 is 1.02 bits per heavy atom. The molecule has 1 aliphatic rings. The summed E-state index contributed by atoms with van der Waals surface area (Å²) < 4.78 is 6.61. The number of carbonyl (C=O) groups excluding carboxylic acids is 2. The van der Waals surface area contributed by atoms with Gasteiger partial charge in [-0.15, -0.1) is 10.2 Å². The average molecular weight is 606 g/mol. The summed E-state index contributed by atoms with van der Waals surface area (Å²) in [4.78, 5) is 28.3. The molecular formula is C31H28ClN3O4S2. The molecular weight excluding hydrogens is 578 g/mol. The van der Waals surface area contributed by atoms with Gasteiger partial charge in [0.2, 0.25) is 5.13 Å². The number of ether oxygens (including phenoxy) is 1. The Morgan fingerprint density at radius 3 is 2.56 bits per heavy atom. The van der Waals surface area contributed by atoms with Crippen molar-refractivity contribution in [1.29, 1.82) is 0 Å². The third kappa shape index (κ3) is 6.64. The largest absolute Gasteiger partial charge is 0.507 e. The molecule has 41 heavy (non-hydrogen) atoms. The number of aliphatic hydroxyl groups is 1. The highest BCUT2D eigenvalue weighted by molar-refractivity contribution is 8.00. The molecule has 1 N–H and O–H groups in total. The molecule has 1 atom stereocenters. The number of carbonyl (C=O) groups is 2. The van der Waals surface area contributed by atoms with Crippen LogP contribution < -0.4 is 9.64 Å². The third-order valence-corrected chi connectivity index (χ3v) is 8.94. The highest BCUT2D eigenvalue weighted by Gasteiger charge is 2.48. The van der Waals surface area contributed by atoms with Crippen LogP contribution in [0.2, 0.25) is 5.02 Å². The predicted octanol–water partition coefficient (Wildman–Crippen LogP) is 7.68. The molecule has 2 heterocycles. The number of ketones is 1. The van der Waals surface area contributed by atoms with Gasteiger partial charge in [0.15, 0.2) is 4.34 Å². The van der Waals surface area contributed by atoms with E-state index in [2.05, 4.69) is 17.1 Å². The van der Waals surface area contributed by atoms with Crippen LogP contribution in [0.4, 0.5) is 5.13 Å². The quantitative estimate of drug-likeness (QED) is 0.0468. The minimum absolute atomic E-state index is 0.00472. The number of hydrogen-bond acceptors (Lipinski definition) is 8. The zero-order chi connectivity index (χ0) is 28.8. The van der Waals surface area contributed by atoms with Gasteiger partial charge in [-0.25, -0.2) is 0 Å². The molecule has 7 nitrogen and oxygen atoms in total. The van der Waals surface area contributed by atoms with E-state index in [1.54, 1.807) is 24.3 Å². The second kappa shape index (κ2) is 13.3. The van der Waals surface area contributed by atoms with Gasteiger partial charge in [-0.2, -0.15) is 0 Å². The normalized spacial score (nSPS) is 16.3. The van der Waals surface area contributed by atoms with Gasteiger partial charge in [-0.1, -0.05) is 109 Å². The van der Waals surface area contributed by atoms with Crippen molar-refractivity contribution in [2.24, 2.45) is 0 Å². The third-order valence-electron chi connectivity index (χ3n) is 6.56. The van der Waals surface area contributed by atoms with E-state index in [1.807, 2.05) is 54.6 Å². The molecule has 4 aromatic rings. The maximum atomic E-state index is 13.5. The van der Waals surface area contributed by atoms with Crippen LogP contribution in [-0.4, -0.2) is 33.6 Å². The first kappa shape index (κ1) is 28.9. The summed E-state index contributed by atoms with van der Waals surface area (Å²) in [7, 11) is 0. The number of hydrogen-bond donors (Lipinski definition) is 1. The van der Waals surface area contributed by atoms with Gasteiger partial charge >= 0.3 is 5.91 Å². The Kier molecular flexibility index (Phi) is 9.38. The standard InChI is InChI=1S/C31H28ClN3O4S2/c1-2-3-7-17-39-24-12-8-11-22(18-24)26-25(27(36)21-9-5-4-6-10-21)28(37)29(38)35(26)30-33-34-31(41-30)40-19-20-13-15-23(32)16-14-20/h4-6,8-16,18,26,36H,2-3,7,17,19H2,1H3/b27-25+. The molecule has 1 aliphatic heterocycles. The number of aromatic nitrogens is 2. The first-order valence-electron chi connectivity index (χ1n) is 13.3. The minimum Gasteiger partial charge on any atom is -0.507 e. The molecule has 0 radical (unpaired) electrons. The van der Waals surface area contributed by atoms with Crippen molar-refractivity contribution in [3.63, 3.8) is 0 Å². The molecule has 0 spiro atoms. The number of aliphatic hydroxyl groups excluding tert-OH is 1. The van der Waals surface area contributed by atoms with Gasteiger partial charge in [0.25, 0.3) is 5.78 Å². The van der Waals surface area contributed by atoms with E-state index in [1.165, 1.54) is 28.0 Å². The smallest absolute Gasteiger partial charge is 0.301 e. The van der Waals surface area contributed by atoms with Crippen molar-refractivity contribution in [3.8, 4) is 5.75 Å². The zero-order valence-electron chi connectivity index (χ0n) is 22.3. The van der Waals surface area contributed by atoms with Gasteiger partial charge in [0, 0.05) is 16.3 Å². The molecule has 1 amide bonds. The maximum absolute atomic E-state index is 13.5. The lowest BCUT2D eigenvalue weighted by Gasteiger charge is -2.23. The first-order valence-corrected chi connectivity index (χ1v) is 15.4. The topological polar surface area (TPSA) is 92.6 Å². The summed E-state index contributed by atoms with van der Waals surface area (Å²) in [6, 6.07) is 22.7. The highest BCUT2D eigenvalue weighted by Crippen LogP contribution is 2.44. The first-order chi connectivity index (χ1) is 20.0. The number of halogens is 1. The average Bonchev–Trinajstić information content (AvgIpc) is 3.57. The Morgan fingerprint density at radius 2 is 1.80 bits per heavy atom. The van der Waals surface area contributed by atoms with Crippen LogP contribution in [0.25, 0.3) is 5.76 Å². The Balaban J connectivity index is 1.50. The van der Waals surface area contributed by atoms with Crippen molar-refractivity contribution < 1.29 is 19.4 Å². The fourth-order valence-electron chi connectivity index (χ4n) is 4.50. The number of anilines is 1. The molecule has 210 valence electrons. The second-order valence-electron chi connectivity index (χ2n) is 9.43. The molecule has 5 rings (SSSR count). The number of thioether (sulfide) groups is 1. The van der Waals surface area contributed by atoms with Gasteiger partial charge in [0.1, 0.15) is 11.5 Å². The zero-order valence-corrected chi connectivity index (χ0v) is 24.7. The van der Waals surface area contributed by atoms with E-state index in [4.69, 9.17) is 16.3 Å². The van der Waals surface area contributed by atoms with Gasteiger partial charge in [0.05, 0.1) is 18.2 Å². The highest BCUT2D eigenvalue weighted by atomic mass is 35.5. The monoisotopic (exact) mass is 605 g/mol. The number of amides is 1. The molecule has 10 heteroatoms. The molecule has 3 aromatic carbocycles. The van der Waals surface area contributed by atoms with Gasteiger partial charge < -0.3 is 9.84 Å². The number of rotatable bonds is 11. The van der Waals surface area contributed by atoms with E-state index in [0.29, 0.717) is 38.6 Å². The Bertz CT molecular complexity index is 1560. The lowest BCUT2D eigenvalue weighted by atomic mass is 9.95. The van der Waals surface area contributed by atoms with Crippen LogP contribution in [0.3, 0.4) is 0 Å². The summed E-state index contributed by atoms with van der Waals surface area (Å²) in [5, 5.41) is 20.8. The van der Waals surface area contributed by atoms with E-state index in [-0.39, 0.29) is 16.5 Å². The van der Waals surface area contributed by atoms with E-state index in [9.17, 15) is 14.7 Å².